The third-order valence-electron chi connectivity index (χ3n) is 9.20. The highest BCUT2D eigenvalue weighted by Crippen LogP contribution is 2.37. The molecule has 0 saturated heterocycles. The van der Waals surface area contributed by atoms with Gasteiger partial charge in [0.1, 0.15) is 0 Å². The standard InChI is InChI=1S/C44H33N/c1-30-11-6-7-14-38(30)40-17-10-16-39(31(40)2)35-21-19-34(20-22-35)36-25-28-44-42(29-36)41-15-8-9-18-43(41)45(44)37-26-23-33(24-27-37)32-12-4-3-5-13-32/h3-29H,1-2H3. The third kappa shape index (κ3) is 4.74. The van der Waals surface area contributed by atoms with Gasteiger partial charge >= 0.3 is 0 Å². The quantitative estimate of drug-likeness (QED) is 0.192. The second-order valence-corrected chi connectivity index (χ2v) is 11.9. The molecule has 1 aromatic heterocycles. The summed E-state index contributed by atoms with van der Waals surface area (Å²) in [4.78, 5) is 0. The van der Waals surface area contributed by atoms with Gasteiger partial charge in [0.05, 0.1) is 11.0 Å². The zero-order valence-corrected chi connectivity index (χ0v) is 25.5. The Morgan fingerprint density at radius 1 is 0.356 bits per heavy atom. The molecule has 0 saturated carbocycles. The van der Waals surface area contributed by atoms with Crippen molar-refractivity contribution in [3.63, 3.8) is 0 Å². The number of nitrogens with zero attached hydrogens (tertiary/aromatic N) is 1. The molecule has 1 nitrogen and oxygen atoms in total. The maximum atomic E-state index is 2.39. The highest BCUT2D eigenvalue weighted by Gasteiger charge is 2.14. The van der Waals surface area contributed by atoms with Crippen molar-refractivity contribution >= 4 is 21.8 Å². The zero-order valence-electron chi connectivity index (χ0n) is 25.5. The van der Waals surface area contributed by atoms with Crippen LogP contribution in [0.15, 0.2) is 164 Å². The molecule has 7 aromatic carbocycles. The number of hydrogen-bond donors (Lipinski definition) is 0. The highest BCUT2D eigenvalue weighted by molar-refractivity contribution is 6.10. The maximum absolute atomic E-state index is 2.39. The molecule has 45 heavy (non-hydrogen) atoms. The van der Waals surface area contributed by atoms with Crippen molar-refractivity contribution in [1.29, 1.82) is 0 Å². The summed E-state index contributed by atoms with van der Waals surface area (Å²) in [5, 5.41) is 2.53. The summed E-state index contributed by atoms with van der Waals surface area (Å²) in [6.45, 7) is 4.43. The van der Waals surface area contributed by atoms with Crippen LogP contribution in [0.5, 0.6) is 0 Å². The summed E-state index contributed by atoms with van der Waals surface area (Å²) in [7, 11) is 0. The lowest BCUT2D eigenvalue weighted by atomic mass is 9.90. The average Bonchev–Trinajstić information content (AvgIpc) is 3.43. The molecular weight excluding hydrogens is 542 g/mol. The SMILES string of the molecule is Cc1ccccc1-c1cccc(-c2ccc(-c3ccc4c(c3)c3ccccc3n4-c3ccc(-c4ccccc4)cc3)cc2)c1C. The van der Waals surface area contributed by atoms with E-state index < -0.39 is 0 Å². The largest absolute Gasteiger partial charge is 0.309 e. The first kappa shape index (κ1) is 26.9. The number of benzene rings is 7. The van der Waals surface area contributed by atoms with Crippen LogP contribution in [-0.4, -0.2) is 4.57 Å². The summed E-state index contributed by atoms with van der Waals surface area (Å²) in [5.41, 5.74) is 16.2. The minimum Gasteiger partial charge on any atom is -0.309 e. The molecule has 0 aliphatic carbocycles. The second kappa shape index (κ2) is 11.1. The lowest BCUT2D eigenvalue weighted by Gasteiger charge is -2.14. The Bertz CT molecular complexity index is 2300. The van der Waals surface area contributed by atoms with Gasteiger partial charge < -0.3 is 4.57 Å². The van der Waals surface area contributed by atoms with E-state index in [1.54, 1.807) is 0 Å². The van der Waals surface area contributed by atoms with Crippen molar-refractivity contribution < 1.29 is 0 Å². The highest BCUT2D eigenvalue weighted by atomic mass is 15.0. The predicted molar refractivity (Wildman–Crippen MR) is 192 cm³/mol. The fourth-order valence-electron chi connectivity index (χ4n) is 6.82. The van der Waals surface area contributed by atoms with Gasteiger partial charge in [-0.3, -0.25) is 0 Å². The Morgan fingerprint density at radius 2 is 0.911 bits per heavy atom. The number of hydrogen-bond acceptors (Lipinski definition) is 0. The van der Waals surface area contributed by atoms with Gasteiger partial charge in [-0.05, 0) is 99.8 Å². The first-order valence-corrected chi connectivity index (χ1v) is 15.6. The van der Waals surface area contributed by atoms with Crippen LogP contribution in [0.25, 0.3) is 72.0 Å². The van der Waals surface area contributed by atoms with E-state index in [4.69, 9.17) is 0 Å². The fourth-order valence-corrected chi connectivity index (χ4v) is 6.82. The van der Waals surface area contributed by atoms with Gasteiger partial charge in [0, 0.05) is 16.5 Å². The summed E-state index contributed by atoms with van der Waals surface area (Å²) in [6.07, 6.45) is 0. The van der Waals surface area contributed by atoms with Crippen LogP contribution in [0.4, 0.5) is 0 Å². The van der Waals surface area contributed by atoms with E-state index in [0.29, 0.717) is 0 Å². The van der Waals surface area contributed by atoms with Gasteiger partial charge in [-0.15, -0.1) is 0 Å². The van der Waals surface area contributed by atoms with Crippen LogP contribution in [-0.2, 0) is 0 Å². The normalized spacial score (nSPS) is 11.3. The van der Waals surface area contributed by atoms with Crippen molar-refractivity contribution in [3.8, 4) is 50.2 Å². The van der Waals surface area contributed by atoms with Gasteiger partial charge in [0.15, 0.2) is 0 Å². The second-order valence-electron chi connectivity index (χ2n) is 11.9. The summed E-state index contributed by atoms with van der Waals surface area (Å²) >= 11 is 0. The number of aryl methyl sites for hydroxylation is 1. The molecule has 0 fully saturated rings. The van der Waals surface area contributed by atoms with Crippen LogP contribution in [0.2, 0.25) is 0 Å². The average molecular weight is 576 g/mol. The molecule has 1 heterocycles. The number of aromatic nitrogens is 1. The molecule has 1 heteroatoms. The maximum Gasteiger partial charge on any atom is 0.0541 e. The van der Waals surface area contributed by atoms with E-state index >= 15 is 0 Å². The van der Waals surface area contributed by atoms with Gasteiger partial charge in [0.25, 0.3) is 0 Å². The Hall–Kier alpha value is -5.66. The molecule has 8 aromatic rings. The van der Waals surface area contributed by atoms with Crippen LogP contribution >= 0.6 is 0 Å². The van der Waals surface area contributed by atoms with Crippen LogP contribution in [0.3, 0.4) is 0 Å². The first-order valence-electron chi connectivity index (χ1n) is 15.6. The van der Waals surface area contributed by atoms with Crippen molar-refractivity contribution in [2.75, 3.05) is 0 Å². The van der Waals surface area contributed by atoms with Gasteiger partial charge in [0.2, 0.25) is 0 Å². The first-order chi connectivity index (χ1) is 22.2. The Labute approximate surface area is 264 Å². The third-order valence-corrected chi connectivity index (χ3v) is 9.20. The number of fused-ring (bicyclic) bond motifs is 3. The molecule has 0 aliphatic rings. The van der Waals surface area contributed by atoms with E-state index in [1.807, 2.05) is 0 Å². The number of para-hydroxylation sites is 1. The smallest absolute Gasteiger partial charge is 0.0541 e. The molecule has 0 unspecified atom stereocenters. The van der Waals surface area contributed by atoms with Gasteiger partial charge in [-0.25, -0.2) is 0 Å². The van der Waals surface area contributed by atoms with E-state index in [2.05, 4.69) is 182 Å². The fraction of sp³-hybridized carbons (Fsp3) is 0.0455. The Morgan fingerprint density at radius 3 is 1.71 bits per heavy atom. The van der Waals surface area contributed by atoms with Crippen molar-refractivity contribution in [3.05, 3.63) is 175 Å². The molecule has 8 rings (SSSR count). The van der Waals surface area contributed by atoms with E-state index in [9.17, 15) is 0 Å². The Kier molecular flexibility index (Phi) is 6.65. The van der Waals surface area contributed by atoms with E-state index in [0.717, 1.165) is 0 Å². The molecule has 0 amide bonds. The topological polar surface area (TPSA) is 4.93 Å². The molecule has 0 bridgehead atoms. The van der Waals surface area contributed by atoms with Crippen LogP contribution in [0.1, 0.15) is 11.1 Å². The van der Waals surface area contributed by atoms with Crippen molar-refractivity contribution in [2.45, 2.75) is 13.8 Å². The lowest BCUT2D eigenvalue weighted by Crippen LogP contribution is -1.93. The molecule has 0 spiro atoms. The van der Waals surface area contributed by atoms with Crippen molar-refractivity contribution in [1.82, 2.24) is 4.57 Å². The monoisotopic (exact) mass is 575 g/mol. The molecule has 0 N–H and O–H groups in total. The molecular formula is C44H33N. The molecule has 0 atom stereocenters. The lowest BCUT2D eigenvalue weighted by molar-refractivity contribution is 1.18. The Balaban J connectivity index is 1.17. The van der Waals surface area contributed by atoms with E-state index in [1.165, 1.54) is 83.1 Å². The summed E-state index contributed by atoms with van der Waals surface area (Å²) in [5.74, 6) is 0. The van der Waals surface area contributed by atoms with E-state index in [-0.39, 0.29) is 0 Å². The minimum atomic E-state index is 1.17. The van der Waals surface area contributed by atoms with Gasteiger partial charge in [-0.1, -0.05) is 133 Å². The van der Waals surface area contributed by atoms with Crippen LogP contribution in [0, 0.1) is 13.8 Å². The van der Waals surface area contributed by atoms with Gasteiger partial charge in [-0.2, -0.15) is 0 Å². The molecule has 214 valence electrons. The molecule has 0 aliphatic heterocycles. The van der Waals surface area contributed by atoms with Crippen molar-refractivity contribution in [2.24, 2.45) is 0 Å². The minimum absolute atomic E-state index is 1.17. The number of rotatable bonds is 5. The summed E-state index contributed by atoms with van der Waals surface area (Å²) < 4.78 is 2.39. The molecule has 0 radical (unpaired) electrons. The van der Waals surface area contributed by atoms with Crippen LogP contribution < -0.4 is 0 Å². The predicted octanol–water partition coefficient (Wildman–Crippen LogP) is 12.1. The summed E-state index contributed by atoms with van der Waals surface area (Å²) in [6, 6.07) is 59.4. The zero-order chi connectivity index (χ0) is 30.3.